The van der Waals surface area contributed by atoms with E-state index in [-0.39, 0.29) is 17.8 Å². The Morgan fingerprint density at radius 1 is 1.28 bits per heavy atom. The Morgan fingerprint density at radius 2 is 2.08 bits per heavy atom. The third-order valence-electron chi connectivity index (χ3n) is 4.70. The van der Waals surface area contributed by atoms with Crippen LogP contribution in [0.25, 0.3) is 0 Å². The minimum absolute atomic E-state index is 0.000536. The smallest absolute Gasteiger partial charge is 0.244 e. The Hall–Kier alpha value is -2.28. The van der Waals surface area contributed by atoms with Crippen LogP contribution in [0.5, 0.6) is 0 Å². The average Bonchev–Trinajstić information content (AvgIpc) is 3.08. The maximum Gasteiger partial charge on any atom is 0.244 e. The van der Waals surface area contributed by atoms with E-state index in [0.29, 0.717) is 30.7 Å². The molecule has 2 aromatic rings. The van der Waals surface area contributed by atoms with Crippen LogP contribution in [-0.2, 0) is 11.2 Å². The first-order valence-corrected chi connectivity index (χ1v) is 8.78. The molecule has 1 N–H and O–H groups in total. The summed E-state index contributed by atoms with van der Waals surface area (Å²) in [6, 6.07) is 6.66. The zero-order valence-electron chi connectivity index (χ0n) is 13.9. The topological polar surface area (TPSA) is 71.3 Å². The highest BCUT2D eigenvalue weighted by Crippen LogP contribution is 2.30. The summed E-state index contributed by atoms with van der Waals surface area (Å²) >= 11 is 0. The highest BCUT2D eigenvalue weighted by atomic mass is 19.1. The molecule has 1 aliphatic carbocycles. The molecule has 1 saturated heterocycles. The van der Waals surface area contributed by atoms with Gasteiger partial charge in [0.05, 0.1) is 12.6 Å². The number of likely N-dealkylation sites (tertiary alicyclic amines) is 1. The number of halogens is 1. The summed E-state index contributed by atoms with van der Waals surface area (Å²) < 4.78 is 18.4. The molecule has 1 atom stereocenters. The van der Waals surface area contributed by atoms with Gasteiger partial charge in [-0.1, -0.05) is 17.3 Å². The monoisotopic (exact) mass is 344 g/mol. The van der Waals surface area contributed by atoms with E-state index in [1.165, 1.54) is 12.1 Å². The SMILES string of the molecule is O=C(CN1CCC[C@@H]1c1nc(Cc2ccc(F)cc2)no1)NC1CC1. The lowest BCUT2D eigenvalue weighted by Gasteiger charge is -2.20. The normalized spacial score (nSPS) is 20.8. The first-order valence-electron chi connectivity index (χ1n) is 8.78. The minimum Gasteiger partial charge on any atom is -0.352 e. The summed E-state index contributed by atoms with van der Waals surface area (Å²) in [5.74, 6) is 0.953. The van der Waals surface area contributed by atoms with Gasteiger partial charge in [-0.15, -0.1) is 0 Å². The minimum atomic E-state index is -0.261. The van der Waals surface area contributed by atoms with Crippen molar-refractivity contribution in [3.63, 3.8) is 0 Å². The van der Waals surface area contributed by atoms with Crippen molar-refractivity contribution < 1.29 is 13.7 Å². The number of rotatable bonds is 6. The third kappa shape index (κ3) is 4.04. The maximum atomic E-state index is 13.0. The number of hydrogen-bond donors (Lipinski definition) is 1. The number of nitrogens with one attached hydrogen (secondary N) is 1. The molecule has 25 heavy (non-hydrogen) atoms. The molecule has 1 aromatic carbocycles. The van der Waals surface area contributed by atoms with Crippen LogP contribution >= 0.6 is 0 Å². The van der Waals surface area contributed by atoms with Crippen molar-refractivity contribution in [2.45, 2.75) is 44.2 Å². The largest absolute Gasteiger partial charge is 0.352 e. The van der Waals surface area contributed by atoms with Gasteiger partial charge in [0.15, 0.2) is 5.82 Å². The molecule has 0 bridgehead atoms. The third-order valence-corrected chi connectivity index (χ3v) is 4.70. The van der Waals surface area contributed by atoms with Gasteiger partial charge in [-0.05, 0) is 49.9 Å². The van der Waals surface area contributed by atoms with Gasteiger partial charge in [0.1, 0.15) is 5.82 Å². The fraction of sp³-hybridized carbons (Fsp3) is 0.500. The Morgan fingerprint density at radius 3 is 2.84 bits per heavy atom. The van der Waals surface area contributed by atoms with Crippen molar-refractivity contribution in [1.29, 1.82) is 0 Å². The number of aromatic nitrogens is 2. The predicted molar refractivity (Wildman–Crippen MR) is 88.2 cm³/mol. The molecule has 6 nitrogen and oxygen atoms in total. The van der Waals surface area contributed by atoms with E-state index in [1.807, 2.05) is 0 Å². The lowest BCUT2D eigenvalue weighted by molar-refractivity contribution is -0.122. The van der Waals surface area contributed by atoms with E-state index >= 15 is 0 Å². The van der Waals surface area contributed by atoms with Gasteiger partial charge in [-0.25, -0.2) is 4.39 Å². The van der Waals surface area contributed by atoms with Gasteiger partial charge < -0.3 is 9.84 Å². The molecular weight excluding hydrogens is 323 g/mol. The number of benzene rings is 1. The van der Waals surface area contributed by atoms with Crippen LogP contribution in [0.3, 0.4) is 0 Å². The fourth-order valence-corrected chi connectivity index (χ4v) is 3.24. The summed E-state index contributed by atoms with van der Waals surface area (Å²) in [4.78, 5) is 18.7. The van der Waals surface area contributed by atoms with E-state index in [0.717, 1.165) is 37.8 Å². The van der Waals surface area contributed by atoms with Crippen molar-refractivity contribution in [2.75, 3.05) is 13.1 Å². The van der Waals surface area contributed by atoms with Crippen molar-refractivity contribution in [3.05, 3.63) is 47.4 Å². The first kappa shape index (κ1) is 16.2. The van der Waals surface area contributed by atoms with Gasteiger partial charge in [0, 0.05) is 12.5 Å². The molecule has 2 aliphatic rings. The number of amides is 1. The van der Waals surface area contributed by atoms with Gasteiger partial charge in [0.2, 0.25) is 11.8 Å². The summed E-state index contributed by atoms with van der Waals surface area (Å²) in [6.07, 6.45) is 4.60. The zero-order valence-corrected chi connectivity index (χ0v) is 13.9. The van der Waals surface area contributed by atoms with Crippen LogP contribution in [0.4, 0.5) is 4.39 Å². The summed E-state index contributed by atoms with van der Waals surface area (Å²) in [5, 5.41) is 7.06. The van der Waals surface area contributed by atoms with Crippen molar-refractivity contribution in [2.24, 2.45) is 0 Å². The van der Waals surface area contributed by atoms with Gasteiger partial charge in [-0.2, -0.15) is 4.98 Å². The van der Waals surface area contributed by atoms with Crippen LogP contribution in [0, 0.1) is 5.82 Å². The second kappa shape index (κ2) is 6.92. The summed E-state index contributed by atoms with van der Waals surface area (Å²) in [7, 11) is 0. The summed E-state index contributed by atoms with van der Waals surface area (Å²) in [6.45, 7) is 1.23. The van der Waals surface area contributed by atoms with Crippen molar-refractivity contribution in [1.82, 2.24) is 20.4 Å². The highest BCUT2D eigenvalue weighted by Gasteiger charge is 2.33. The second-order valence-electron chi connectivity index (χ2n) is 6.82. The molecule has 0 radical (unpaired) electrons. The maximum absolute atomic E-state index is 13.0. The Kier molecular flexibility index (Phi) is 4.48. The highest BCUT2D eigenvalue weighted by molar-refractivity contribution is 5.78. The van der Waals surface area contributed by atoms with E-state index < -0.39 is 0 Å². The Labute approximate surface area is 145 Å². The molecule has 2 heterocycles. The summed E-state index contributed by atoms with van der Waals surface area (Å²) in [5.41, 5.74) is 0.931. The van der Waals surface area contributed by atoms with Gasteiger partial charge in [0.25, 0.3) is 0 Å². The fourth-order valence-electron chi connectivity index (χ4n) is 3.24. The molecule has 1 aromatic heterocycles. The number of nitrogens with zero attached hydrogens (tertiary/aromatic N) is 3. The predicted octanol–water partition coefficient (Wildman–Crippen LogP) is 2.21. The molecule has 2 fully saturated rings. The van der Waals surface area contributed by atoms with Crippen LogP contribution in [0.2, 0.25) is 0 Å². The lowest BCUT2D eigenvalue weighted by atomic mass is 10.1. The molecular formula is C18H21FN4O2. The van der Waals surface area contributed by atoms with E-state index in [9.17, 15) is 9.18 Å². The first-order chi connectivity index (χ1) is 12.2. The molecule has 1 aliphatic heterocycles. The van der Waals surface area contributed by atoms with E-state index in [1.54, 1.807) is 12.1 Å². The number of carbonyl (C=O) groups is 1. The number of carbonyl (C=O) groups excluding carboxylic acids is 1. The van der Waals surface area contributed by atoms with Gasteiger partial charge in [-0.3, -0.25) is 9.69 Å². The standard InChI is InChI=1S/C18H21FN4O2/c19-13-5-3-12(4-6-13)10-16-21-18(25-22-16)15-2-1-9-23(15)11-17(24)20-14-7-8-14/h3-6,14-15H,1-2,7-11H2,(H,20,24)/t15-/m1/s1. The van der Waals surface area contributed by atoms with E-state index in [4.69, 9.17) is 4.52 Å². The average molecular weight is 344 g/mol. The second-order valence-corrected chi connectivity index (χ2v) is 6.82. The Bertz CT molecular complexity index is 742. The van der Waals surface area contributed by atoms with Crippen LogP contribution in [0.1, 0.15) is 49.0 Å². The number of hydrogen-bond acceptors (Lipinski definition) is 5. The van der Waals surface area contributed by atoms with Gasteiger partial charge >= 0.3 is 0 Å². The van der Waals surface area contributed by atoms with Crippen LogP contribution in [0.15, 0.2) is 28.8 Å². The van der Waals surface area contributed by atoms with E-state index in [2.05, 4.69) is 20.4 Å². The molecule has 0 unspecified atom stereocenters. The molecule has 0 spiro atoms. The lowest BCUT2D eigenvalue weighted by Crippen LogP contribution is -2.37. The zero-order chi connectivity index (χ0) is 17.2. The molecule has 1 amide bonds. The van der Waals surface area contributed by atoms with Crippen LogP contribution in [-0.4, -0.2) is 40.1 Å². The molecule has 1 saturated carbocycles. The van der Waals surface area contributed by atoms with Crippen molar-refractivity contribution >= 4 is 5.91 Å². The molecule has 132 valence electrons. The quantitative estimate of drug-likeness (QED) is 0.870. The van der Waals surface area contributed by atoms with Crippen molar-refractivity contribution in [3.8, 4) is 0 Å². The van der Waals surface area contributed by atoms with Crippen LogP contribution < -0.4 is 5.32 Å². The molecule has 4 rings (SSSR count). The molecule has 7 heteroatoms. The Balaban J connectivity index is 1.39.